The zero-order chi connectivity index (χ0) is 11.7. The quantitative estimate of drug-likeness (QED) is 0.836. The van der Waals surface area contributed by atoms with E-state index in [4.69, 9.17) is 0 Å². The number of rotatable bonds is 3. The minimum atomic E-state index is -0.528. The van der Waals surface area contributed by atoms with E-state index in [-0.39, 0.29) is 0 Å². The summed E-state index contributed by atoms with van der Waals surface area (Å²) in [5.41, 5.74) is 2.21. The normalized spacial score (nSPS) is 29.2. The average molecular weight is 231 g/mol. The minimum absolute atomic E-state index is 0.528. The molecule has 0 amide bonds. The van der Waals surface area contributed by atoms with Crippen LogP contribution in [-0.2, 0) is 6.42 Å². The van der Waals surface area contributed by atoms with Crippen molar-refractivity contribution in [2.24, 2.45) is 0 Å². The van der Waals surface area contributed by atoms with Gasteiger partial charge >= 0.3 is 0 Å². The number of β-amino-alcohol motifs (C(OH)–C–C–N with tert-alkyl or cyclic N) is 1. The van der Waals surface area contributed by atoms with Crippen LogP contribution in [0.15, 0.2) is 24.3 Å². The van der Waals surface area contributed by atoms with Crippen molar-refractivity contribution in [3.8, 4) is 0 Å². The first-order chi connectivity index (χ1) is 8.25. The van der Waals surface area contributed by atoms with Crippen LogP contribution in [0.3, 0.4) is 0 Å². The second-order valence-electron chi connectivity index (χ2n) is 5.70. The van der Waals surface area contributed by atoms with Crippen LogP contribution >= 0.6 is 0 Å². The van der Waals surface area contributed by atoms with Crippen molar-refractivity contribution >= 4 is 0 Å². The summed E-state index contributed by atoms with van der Waals surface area (Å²) in [5, 5.41) is 13.7. The molecule has 2 heteroatoms. The SMILES string of the molecule is OC1(Cc2ccc(C3CC3)cc2)CCCNC1. The number of benzene rings is 1. The van der Waals surface area contributed by atoms with E-state index in [0.29, 0.717) is 0 Å². The largest absolute Gasteiger partial charge is 0.388 e. The van der Waals surface area contributed by atoms with Gasteiger partial charge in [-0.2, -0.15) is 0 Å². The van der Waals surface area contributed by atoms with Crippen LogP contribution in [0.2, 0.25) is 0 Å². The van der Waals surface area contributed by atoms with Crippen molar-refractivity contribution in [1.29, 1.82) is 0 Å². The summed E-state index contributed by atoms with van der Waals surface area (Å²) in [6.45, 7) is 1.78. The highest BCUT2D eigenvalue weighted by Gasteiger charge is 2.29. The summed E-state index contributed by atoms with van der Waals surface area (Å²) >= 11 is 0. The van der Waals surface area contributed by atoms with Crippen LogP contribution in [0.1, 0.15) is 42.7 Å². The second-order valence-corrected chi connectivity index (χ2v) is 5.70. The average Bonchev–Trinajstić information content (AvgIpc) is 3.14. The van der Waals surface area contributed by atoms with Gasteiger partial charge in [0.1, 0.15) is 0 Å². The van der Waals surface area contributed by atoms with Gasteiger partial charge < -0.3 is 10.4 Å². The maximum atomic E-state index is 10.5. The van der Waals surface area contributed by atoms with Gasteiger partial charge in [-0.1, -0.05) is 24.3 Å². The van der Waals surface area contributed by atoms with Gasteiger partial charge in [0.25, 0.3) is 0 Å². The van der Waals surface area contributed by atoms with Crippen LogP contribution in [0.5, 0.6) is 0 Å². The van der Waals surface area contributed by atoms with Gasteiger partial charge in [0, 0.05) is 13.0 Å². The number of hydrogen-bond donors (Lipinski definition) is 2. The molecule has 1 atom stereocenters. The highest BCUT2D eigenvalue weighted by atomic mass is 16.3. The molecule has 1 aromatic rings. The third kappa shape index (κ3) is 2.70. The van der Waals surface area contributed by atoms with Crippen molar-refractivity contribution in [2.45, 2.75) is 43.6 Å². The monoisotopic (exact) mass is 231 g/mol. The Morgan fingerprint density at radius 1 is 1.24 bits per heavy atom. The molecule has 0 radical (unpaired) electrons. The third-order valence-corrected chi connectivity index (χ3v) is 4.01. The fourth-order valence-corrected chi connectivity index (χ4v) is 2.81. The molecule has 2 aliphatic rings. The Kier molecular flexibility index (Phi) is 2.93. The van der Waals surface area contributed by atoms with Crippen molar-refractivity contribution < 1.29 is 5.11 Å². The van der Waals surface area contributed by atoms with E-state index in [0.717, 1.165) is 38.3 Å². The van der Waals surface area contributed by atoms with E-state index in [1.54, 1.807) is 0 Å². The number of aliphatic hydroxyl groups is 1. The van der Waals surface area contributed by atoms with E-state index in [1.165, 1.54) is 24.0 Å². The predicted octanol–water partition coefficient (Wildman–Crippen LogP) is 2.22. The van der Waals surface area contributed by atoms with Gasteiger partial charge in [-0.25, -0.2) is 0 Å². The topological polar surface area (TPSA) is 32.3 Å². The zero-order valence-corrected chi connectivity index (χ0v) is 10.3. The molecule has 2 N–H and O–H groups in total. The molecule has 17 heavy (non-hydrogen) atoms. The van der Waals surface area contributed by atoms with Gasteiger partial charge in [0.2, 0.25) is 0 Å². The lowest BCUT2D eigenvalue weighted by Gasteiger charge is -2.32. The molecule has 0 aromatic heterocycles. The lowest BCUT2D eigenvalue weighted by molar-refractivity contribution is 0.0169. The molecule has 92 valence electrons. The number of hydrogen-bond acceptors (Lipinski definition) is 2. The maximum Gasteiger partial charge on any atom is 0.0812 e. The molecule has 1 saturated heterocycles. The fourth-order valence-electron chi connectivity index (χ4n) is 2.81. The Hall–Kier alpha value is -0.860. The van der Waals surface area contributed by atoms with Crippen molar-refractivity contribution in [3.63, 3.8) is 0 Å². The highest BCUT2D eigenvalue weighted by Crippen LogP contribution is 2.40. The highest BCUT2D eigenvalue weighted by molar-refractivity contribution is 5.29. The first-order valence-electron chi connectivity index (χ1n) is 6.77. The van der Waals surface area contributed by atoms with Gasteiger partial charge in [0.05, 0.1) is 5.60 Å². The summed E-state index contributed by atoms with van der Waals surface area (Å²) < 4.78 is 0. The molecule has 1 aliphatic heterocycles. The van der Waals surface area contributed by atoms with E-state index < -0.39 is 5.60 Å². The molecule has 2 nitrogen and oxygen atoms in total. The molecule has 0 spiro atoms. The van der Waals surface area contributed by atoms with E-state index in [2.05, 4.69) is 29.6 Å². The molecule has 1 saturated carbocycles. The van der Waals surface area contributed by atoms with Gasteiger partial charge in [-0.3, -0.25) is 0 Å². The van der Waals surface area contributed by atoms with Crippen LogP contribution in [0.25, 0.3) is 0 Å². The summed E-state index contributed by atoms with van der Waals surface area (Å²) in [5.74, 6) is 0.823. The molecule has 1 unspecified atom stereocenters. The predicted molar refractivity (Wildman–Crippen MR) is 69.2 cm³/mol. The molecule has 1 aromatic carbocycles. The summed E-state index contributed by atoms with van der Waals surface area (Å²) in [6, 6.07) is 8.87. The lowest BCUT2D eigenvalue weighted by atomic mass is 9.87. The molecular formula is C15H21NO. The standard InChI is InChI=1S/C15H21NO/c17-15(8-1-9-16-11-15)10-12-2-4-13(5-3-12)14-6-7-14/h2-5,14,16-17H,1,6-11H2. The number of piperidine rings is 1. The Labute approximate surface area is 103 Å². The first kappa shape index (κ1) is 11.2. The zero-order valence-electron chi connectivity index (χ0n) is 10.3. The van der Waals surface area contributed by atoms with Crippen LogP contribution in [0, 0.1) is 0 Å². The third-order valence-electron chi connectivity index (χ3n) is 4.01. The van der Waals surface area contributed by atoms with Gasteiger partial charge in [0.15, 0.2) is 0 Å². The van der Waals surface area contributed by atoms with E-state index >= 15 is 0 Å². The molecule has 2 fully saturated rings. The molecule has 3 rings (SSSR count). The second kappa shape index (κ2) is 4.43. The lowest BCUT2D eigenvalue weighted by Crippen LogP contribution is -2.47. The fraction of sp³-hybridized carbons (Fsp3) is 0.600. The summed E-state index contributed by atoms with van der Waals surface area (Å²) in [6.07, 6.45) is 5.49. The van der Waals surface area contributed by atoms with Crippen molar-refractivity contribution in [2.75, 3.05) is 13.1 Å². The molecular weight excluding hydrogens is 210 g/mol. The smallest absolute Gasteiger partial charge is 0.0812 e. The van der Waals surface area contributed by atoms with Crippen LogP contribution in [-0.4, -0.2) is 23.8 Å². The summed E-state index contributed by atoms with van der Waals surface area (Å²) in [4.78, 5) is 0. The van der Waals surface area contributed by atoms with Gasteiger partial charge in [-0.15, -0.1) is 0 Å². The van der Waals surface area contributed by atoms with Crippen LogP contribution < -0.4 is 5.32 Å². The van der Waals surface area contributed by atoms with Crippen molar-refractivity contribution in [1.82, 2.24) is 5.32 Å². The minimum Gasteiger partial charge on any atom is -0.388 e. The molecule has 0 bridgehead atoms. The van der Waals surface area contributed by atoms with Crippen molar-refractivity contribution in [3.05, 3.63) is 35.4 Å². The Bertz CT molecular complexity index is 374. The first-order valence-corrected chi connectivity index (χ1v) is 6.77. The van der Waals surface area contributed by atoms with Gasteiger partial charge in [-0.05, 0) is 49.3 Å². The maximum absolute atomic E-state index is 10.5. The molecule has 1 aliphatic carbocycles. The van der Waals surface area contributed by atoms with E-state index in [9.17, 15) is 5.11 Å². The Balaban J connectivity index is 1.67. The Morgan fingerprint density at radius 3 is 2.59 bits per heavy atom. The van der Waals surface area contributed by atoms with E-state index in [1.807, 2.05) is 0 Å². The van der Waals surface area contributed by atoms with Crippen LogP contribution in [0.4, 0.5) is 0 Å². The summed E-state index contributed by atoms with van der Waals surface area (Å²) in [7, 11) is 0. The Morgan fingerprint density at radius 2 is 2.00 bits per heavy atom. The molecule has 1 heterocycles. The number of nitrogens with one attached hydrogen (secondary N) is 1.